The van der Waals surface area contributed by atoms with Crippen molar-refractivity contribution in [3.63, 3.8) is 0 Å². The minimum atomic E-state index is 0.469. The molecule has 3 rings (SSSR count). The second-order valence-electron chi connectivity index (χ2n) is 10.5. The average molecular weight is 371 g/mol. The zero-order chi connectivity index (χ0) is 19.4. The van der Waals surface area contributed by atoms with E-state index in [0.29, 0.717) is 5.41 Å². The van der Waals surface area contributed by atoms with Crippen molar-refractivity contribution >= 4 is 5.69 Å². The summed E-state index contributed by atoms with van der Waals surface area (Å²) in [5, 5.41) is 0. The first-order valence-electron chi connectivity index (χ1n) is 11.4. The Morgan fingerprint density at radius 2 is 1.56 bits per heavy atom. The summed E-state index contributed by atoms with van der Waals surface area (Å²) in [4.78, 5) is 5.32. The Bertz CT molecular complexity index is 570. The van der Waals surface area contributed by atoms with E-state index in [0.717, 1.165) is 17.8 Å². The molecule has 2 fully saturated rings. The maximum absolute atomic E-state index is 2.66. The van der Waals surface area contributed by atoms with Gasteiger partial charge in [0.15, 0.2) is 0 Å². The molecule has 27 heavy (non-hydrogen) atoms. The first-order valence-corrected chi connectivity index (χ1v) is 11.4. The summed E-state index contributed by atoms with van der Waals surface area (Å²) >= 11 is 0. The van der Waals surface area contributed by atoms with Gasteiger partial charge in [-0.1, -0.05) is 52.8 Å². The maximum atomic E-state index is 2.66. The van der Waals surface area contributed by atoms with Crippen LogP contribution in [0.3, 0.4) is 0 Å². The highest BCUT2D eigenvalue weighted by Crippen LogP contribution is 2.45. The molecule has 152 valence electrons. The lowest BCUT2D eigenvalue weighted by Gasteiger charge is -2.40. The van der Waals surface area contributed by atoms with Crippen LogP contribution in [0, 0.1) is 17.3 Å². The van der Waals surface area contributed by atoms with Gasteiger partial charge in [-0.2, -0.15) is 0 Å². The molecule has 1 aromatic rings. The van der Waals surface area contributed by atoms with E-state index in [4.69, 9.17) is 0 Å². The van der Waals surface area contributed by atoms with E-state index in [9.17, 15) is 0 Å². The minimum Gasteiger partial charge on any atom is -0.369 e. The quantitative estimate of drug-likeness (QED) is 0.611. The predicted octanol–water partition coefficient (Wildman–Crippen LogP) is 6.17. The van der Waals surface area contributed by atoms with Crippen LogP contribution in [0.4, 0.5) is 5.69 Å². The third kappa shape index (κ3) is 5.50. The number of rotatable bonds is 5. The Hall–Kier alpha value is -1.02. The maximum Gasteiger partial charge on any atom is 0.0402 e. The first-order chi connectivity index (χ1) is 12.8. The Morgan fingerprint density at radius 3 is 2.15 bits per heavy atom. The van der Waals surface area contributed by atoms with Crippen molar-refractivity contribution in [3.8, 4) is 0 Å². The third-order valence-corrected chi connectivity index (χ3v) is 7.06. The fourth-order valence-electron chi connectivity index (χ4n) is 5.04. The molecule has 1 saturated carbocycles. The molecule has 0 amide bonds. The standard InChI is InChI=1S/C25H42N2/c1-20(2)14-15-26-16-18-27(19-17-26)24-9-7-6-8-23(24)21-10-12-22(13-11-21)25(3,4)5/h6-9,20-22H,10-19H2,1-5H3. The number of hydrogen-bond acceptors (Lipinski definition) is 2. The SMILES string of the molecule is CC(C)CCN1CCN(c2ccccc2C2CCC(C(C)(C)C)CC2)CC1. The van der Waals surface area contributed by atoms with Gasteiger partial charge >= 0.3 is 0 Å². The zero-order valence-corrected chi connectivity index (χ0v) is 18.5. The number of benzene rings is 1. The average Bonchev–Trinajstić information content (AvgIpc) is 2.66. The summed E-state index contributed by atoms with van der Waals surface area (Å²) in [5.41, 5.74) is 3.62. The molecule has 0 unspecified atom stereocenters. The molecule has 2 heteroatoms. The van der Waals surface area contributed by atoms with Crippen LogP contribution in [0.2, 0.25) is 0 Å². The van der Waals surface area contributed by atoms with Crippen LogP contribution in [0.5, 0.6) is 0 Å². The number of nitrogens with zero attached hydrogens (tertiary/aromatic N) is 2. The smallest absolute Gasteiger partial charge is 0.0402 e. The molecule has 1 heterocycles. The van der Waals surface area contributed by atoms with Crippen LogP contribution < -0.4 is 4.90 Å². The van der Waals surface area contributed by atoms with Crippen molar-refractivity contribution in [2.45, 2.75) is 72.6 Å². The molecule has 0 atom stereocenters. The van der Waals surface area contributed by atoms with Crippen molar-refractivity contribution in [2.75, 3.05) is 37.6 Å². The Balaban J connectivity index is 1.61. The van der Waals surface area contributed by atoms with Gasteiger partial charge in [-0.05, 0) is 73.4 Å². The van der Waals surface area contributed by atoms with Crippen molar-refractivity contribution in [1.29, 1.82) is 0 Å². The van der Waals surface area contributed by atoms with Crippen LogP contribution in [0.15, 0.2) is 24.3 Å². The van der Waals surface area contributed by atoms with Crippen LogP contribution in [-0.4, -0.2) is 37.6 Å². The van der Waals surface area contributed by atoms with Crippen LogP contribution >= 0.6 is 0 Å². The first kappa shape index (κ1) is 20.7. The Kier molecular flexibility index (Phi) is 6.89. The monoisotopic (exact) mass is 370 g/mol. The van der Waals surface area contributed by atoms with Gasteiger partial charge in [-0.15, -0.1) is 0 Å². The number of anilines is 1. The molecule has 0 N–H and O–H groups in total. The van der Waals surface area contributed by atoms with Gasteiger partial charge in [0.2, 0.25) is 0 Å². The third-order valence-electron chi connectivity index (χ3n) is 7.06. The molecule has 0 aromatic heterocycles. The molecule has 1 saturated heterocycles. The molecule has 0 spiro atoms. The van der Waals surface area contributed by atoms with E-state index >= 15 is 0 Å². The lowest BCUT2D eigenvalue weighted by atomic mass is 9.68. The summed E-state index contributed by atoms with van der Waals surface area (Å²) in [7, 11) is 0. The topological polar surface area (TPSA) is 6.48 Å². The highest BCUT2D eigenvalue weighted by atomic mass is 15.3. The molecular formula is C25H42N2. The molecule has 0 bridgehead atoms. The minimum absolute atomic E-state index is 0.469. The summed E-state index contributed by atoms with van der Waals surface area (Å²) in [5.74, 6) is 2.47. The van der Waals surface area contributed by atoms with E-state index in [-0.39, 0.29) is 0 Å². The van der Waals surface area contributed by atoms with Crippen molar-refractivity contribution < 1.29 is 0 Å². The summed E-state index contributed by atoms with van der Waals surface area (Å²) in [6, 6.07) is 9.30. The molecule has 2 nitrogen and oxygen atoms in total. The van der Waals surface area contributed by atoms with Gasteiger partial charge in [0.25, 0.3) is 0 Å². The van der Waals surface area contributed by atoms with E-state index < -0.39 is 0 Å². The van der Waals surface area contributed by atoms with Gasteiger partial charge in [0, 0.05) is 31.9 Å². The van der Waals surface area contributed by atoms with Crippen LogP contribution in [0.25, 0.3) is 0 Å². The van der Waals surface area contributed by atoms with E-state index in [1.807, 2.05) is 0 Å². The summed E-state index contributed by atoms with van der Waals surface area (Å²) in [6.07, 6.45) is 6.85. The van der Waals surface area contributed by atoms with E-state index in [1.165, 1.54) is 70.5 Å². The highest BCUT2D eigenvalue weighted by Gasteiger charge is 2.31. The number of hydrogen-bond donors (Lipinski definition) is 0. The molecule has 1 aliphatic carbocycles. The highest BCUT2D eigenvalue weighted by molar-refractivity contribution is 5.55. The predicted molar refractivity (Wildman–Crippen MR) is 119 cm³/mol. The molecule has 2 aliphatic rings. The van der Waals surface area contributed by atoms with Gasteiger partial charge in [-0.3, -0.25) is 4.90 Å². The summed E-state index contributed by atoms with van der Waals surface area (Å²) < 4.78 is 0. The number of para-hydroxylation sites is 1. The fraction of sp³-hybridized carbons (Fsp3) is 0.760. The second kappa shape index (κ2) is 8.99. The molecular weight excluding hydrogens is 328 g/mol. The zero-order valence-electron chi connectivity index (χ0n) is 18.5. The number of piperazine rings is 1. The largest absolute Gasteiger partial charge is 0.369 e. The normalized spacial score (nSPS) is 25.2. The fourth-order valence-corrected chi connectivity index (χ4v) is 5.04. The van der Waals surface area contributed by atoms with Gasteiger partial charge in [0.1, 0.15) is 0 Å². The summed E-state index contributed by atoms with van der Waals surface area (Å²) in [6.45, 7) is 18.0. The molecule has 0 radical (unpaired) electrons. The van der Waals surface area contributed by atoms with Crippen molar-refractivity contribution in [1.82, 2.24) is 4.90 Å². The van der Waals surface area contributed by atoms with Crippen molar-refractivity contribution in [2.24, 2.45) is 17.3 Å². The Morgan fingerprint density at radius 1 is 0.926 bits per heavy atom. The van der Waals surface area contributed by atoms with Crippen molar-refractivity contribution in [3.05, 3.63) is 29.8 Å². The lowest BCUT2D eigenvalue weighted by Crippen LogP contribution is -2.47. The molecule has 1 aromatic carbocycles. The molecule has 1 aliphatic heterocycles. The van der Waals surface area contributed by atoms with Gasteiger partial charge in [-0.25, -0.2) is 0 Å². The van der Waals surface area contributed by atoms with Crippen LogP contribution in [-0.2, 0) is 0 Å². The van der Waals surface area contributed by atoms with Crippen LogP contribution in [0.1, 0.15) is 78.2 Å². The Labute approximate surface area is 168 Å². The second-order valence-corrected chi connectivity index (χ2v) is 10.5. The van der Waals surface area contributed by atoms with E-state index in [1.54, 1.807) is 5.56 Å². The lowest BCUT2D eigenvalue weighted by molar-refractivity contribution is 0.169. The van der Waals surface area contributed by atoms with E-state index in [2.05, 4.69) is 68.7 Å². The van der Waals surface area contributed by atoms with Gasteiger partial charge in [0.05, 0.1) is 0 Å². The van der Waals surface area contributed by atoms with Gasteiger partial charge < -0.3 is 4.90 Å².